The smallest absolute Gasteiger partial charge is 0.410 e. The van der Waals surface area contributed by atoms with Gasteiger partial charge < -0.3 is 23.7 Å². The summed E-state index contributed by atoms with van der Waals surface area (Å²) in [7, 11) is -1.12. The highest BCUT2D eigenvalue weighted by atomic mass is 28.3. The predicted octanol–water partition coefficient (Wildman–Crippen LogP) is 4.92. The number of benzene rings is 1. The Morgan fingerprint density at radius 1 is 1.15 bits per heavy atom. The van der Waals surface area contributed by atoms with E-state index < -0.39 is 8.07 Å². The fourth-order valence-electron chi connectivity index (χ4n) is 3.89. The molecular weight excluding hydrogens is 448 g/mol. The maximum Gasteiger partial charge on any atom is 0.410 e. The van der Waals surface area contributed by atoms with Crippen LogP contribution in [-0.2, 0) is 22.8 Å². The third kappa shape index (κ3) is 6.57. The van der Waals surface area contributed by atoms with Crippen molar-refractivity contribution in [3.05, 3.63) is 54.5 Å². The van der Waals surface area contributed by atoms with Gasteiger partial charge in [-0.3, -0.25) is 0 Å². The standard InChI is InChI=1S/C25H34N4O4Si/c1-34(2,3)15-14-31-19-29-13-11-22-23(29)26-18-27-24(22)33-21-10-7-12-28(16-21)25(30)32-17-20-8-5-4-6-9-20/h4-6,8-9,11,13,18,21H,7,10,12,14-17,19H2,1-3H3/t21-/m1/s1. The van der Waals surface area contributed by atoms with Gasteiger partial charge in [-0.25, -0.2) is 14.8 Å². The number of likely N-dealkylation sites (tertiary alicyclic amines) is 1. The number of carbonyl (C=O) groups is 1. The fourth-order valence-corrected chi connectivity index (χ4v) is 4.65. The molecule has 1 aliphatic rings. The normalized spacial score (nSPS) is 16.6. The third-order valence-corrected chi connectivity index (χ3v) is 7.57. The van der Waals surface area contributed by atoms with Gasteiger partial charge in [-0.2, -0.15) is 0 Å². The van der Waals surface area contributed by atoms with Crippen molar-refractivity contribution in [3.63, 3.8) is 0 Å². The maximum absolute atomic E-state index is 12.6. The first-order chi connectivity index (χ1) is 16.4. The lowest BCUT2D eigenvalue weighted by molar-refractivity contribution is 0.0542. The van der Waals surface area contributed by atoms with Gasteiger partial charge in [0, 0.05) is 27.4 Å². The summed E-state index contributed by atoms with van der Waals surface area (Å²) < 4.78 is 19.6. The van der Waals surface area contributed by atoms with Crippen molar-refractivity contribution < 1.29 is 19.0 Å². The molecule has 0 unspecified atom stereocenters. The van der Waals surface area contributed by atoms with Crippen molar-refractivity contribution in [1.82, 2.24) is 19.4 Å². The topological polar surface area (TPSA) is 78.7 Å². The van der Waals surface area contributed by atoms with Gasteiger partial charge in [0.05, 0.1) is 11.9 Å². The summed E-state index contributed by atoms with van der Waals surface area (Å²) in [6, 6.07) is 12.8. The minimum absolute atomic E-state index is 0.146. The first-order valence-electron chi connectivity index (χ1n) is 11.9. The molecule has 0 bridgehead atoms. The quantitative estimate of drug-likeness (QED) is 0.318. The van der Waals surface area contributed by atoms with E-state index in [-0.39, 0.29) is 18.8 Å². The number of fused-ring (bicyclic) bond motifs is 1. The summed E-state index contributed by atoms with van der Waals surface area (Å²) in [6.07, 6.45) is 4.72. The van der Waals surface area contributed by atoms with E-state index in [0.717, 1.165) is 42.1 Å². The average Bonchev–Trinajstić information content (AvgIpc) is 3.25. The molecule has 2 aromatic heterocycles. The Kier molecular flexibility index (Phi) is 7.84. The van der Waals surface area contributed by atoms with Crippen LogP contribution in [-0.4, -0.2) is 59.4 Å². The molecule has 34 heavy (non-hydrogen) atoms. The molecule has 8 nitrogen and oxygen atoms in total. The Morgan fingerprint density at radius 2 is 1.97 bits per heavy atom. The van der Waals surface area contributed by atoms with Crippen LogP contribution >= 0.6 is 0 Å². The second-order valence-corrected chi connectivity index (χ2v) is 15.5. The zero-order valence-corrected chi connectivity index (χ0v) is 21.3. The van der Waals surface area contributed by atoms with Gasteiger partial charge >= 0.3 is 6.09 Å². The Morgan fingerprint density at radius 3 is 2.76 bits per heavy atom. The van der Waals surface area contributed by atoms with Crippen LogP contribution in [0.1, 0.15) is 18.4 Å². The van der Waals surface area contributed by atoms with Crippen LogP contribution in [0.4, 0.5) is 4.79 Å². The van der Waals surface area contributed by atoms with Crippen molar-refractivity contribution in [2.24, 2.45) is 0 Å². The molecule has 1 amide bonds. The summed E-state index contributed by atoms with van der Waals surface area (Å²) in [5.41, 5.74) is 1.76. The summed E-state index contributed by atoms with van der Waals surface area (Å²) in [6.45, 7) is 9.63. The first-order valence-corrected chi connectivity index (χ1v) is 15.6. The van der Waals surface area contributed by atoms with E-state index in [0.29, 0.717) is 25.7 Å². The minimum Gasteiger partial charge on any atom is -0.472 e. The molecule has 1 fully saturated rings. The maximum atomic E-state index is 12.6. The van der Waals surface area contributed by atoms with Crippen molar-refractivity contribution >= 4 is 25.2 Å². The van der Waals surface area contributed by atoms with Crippen LogP contribution in [0, 0.1) is 0 Å². The molecule has 1 aromatic carbocycles. The number of amides is 1. The Balaban J connectivity index is 1.33. The lowest BCUT2D eigenvalue weighted by Gasteiger charge is -2.32. The highest BCUT2D eigenvalue weighted by Crippen LogP contribution is 2.26. The van der Waals surface area contributed by atoms with E-state index in [1.807, 2.05) is 47.2 Å². The summed E-state index contributed by atoms with van der Waals surface area (Å²) in [5, 5.41) is 0.847. The van der Waals surface area contributed by atoms with Gasteiger partial charge in [-0.05, 0) is 30.5 Å². The van der Waals surface area contributed by atoms with Crippen molar-refractivity contribution in [3.8, 4) is 5.88 Å². The Labute approximate surface area is 201 Å². The highest BCUT2D eigenvalue weighted by Gasteiger charge is 2.27. The number of nitrogens with zero attached hydrogens (tertiary/aromatic N) is 4. The largest absolute Gasteiger partial charge is 0.472 e. The molecule has 0 spiro atoms. The monoisotopic (exact) mass is 482 g/mol. The molecule has 3 heterocycles. The lowest BCUT2D eigenvalue weighted by Crippen LogP contribution is -2.44. The highest BCUT2D eigenvalue weighted by molar-refractivity contribution is 6.76. The molecular formula is C25H34N4O4Si. The fraction of sp³-hybridized carbons (Fsp3) is 0.480. The molecule has 182 valence electrons. The summed E-state index contributed by atoms with van der Waals surface area (Å²) in [4.78, 5) is 23.1. The zero-order valence-electron chi connectivity index (χ0n) is 20.3. The summed E-state index contributed by atoms with van der Waals surface area (Å²) >= 11 is 0. The predicted molar refractivity (Wildman–Crippen MR) is 133 cm³/mol. The molecule has 1 saturated heterocycles. The number of piperidine rings is 1. The Bertz CT molecular complexity index is 1080. The molecule has 3 aromatic rings. The minimum atomic E-state index is -1.12. The van der Waals surface area contributed by atoms with Gasteiger partial charge in [-0.15, -0.1) is 0 Å². The molecule has 4 rings (SSSR count). The van der Waals surface area contributed by atoms with Crippen LogP contribution in [0.15, 0.2) is 48.9 Å². The molecule has 1 aliphatic heterocycles. The molecule has 0 aliphatic carbocycles. The molecule has 1 atom stereocenters. The second-order valence-electron chi connectivity index (χ2n) is 9.92. The van der Waals surface area contributed by atoms with E-state index in [9.17, 15) is 4.79 Å². The van der Waals surface area contributed by atoms with Crippen LogP contribution in [0.25, 0.3) is 11.0 Å². The number of hydrogen-bond acceptors (Lipinski definition) is 6. The lowest BCUT2D eigenvalue weighted by atomic mass is 10.1. The van der Waals surface area contributed by atoms with Crippen LogP contribution < -0.4 is 4.74 Å². The molecule has 0 saturated carbocycles. The number of hydrogen-bond donors (Lipinski definition) is 0. The number of rotatable bonds is 9. The van der Waals surface area contributed by atoms with E-state index in [4.69, 9.17) is 14.2 Å². The van der Waals surface area contributed by atoms with Gasteiger partial charge in [-0.1, -0.05) is 50.0 Å². The van der Waals surface area contributed by atoms with Gasteiger partial charge in [0.25, 0.3) is 0 Å². The van der Waals surface area contributed by atoms with E-state index >= 15 is 0 Å². The van der Waals surface area contributed by atoms with E-state index in [1.54, 1.807) is 4.90 Å². The van der Waals surface area contributed by atoms with Crippen LogP contribution in [0.5, 0.6) is 5.88 Å². The molecule has 0 radical (unpaired) electrons. The van der Waals surface area contributed by atoms with E-state index in [2.05, 4.69) is 29.6 Å². The Hall–Kier alpha value is -2.91. The van der Waals surface area contributed by atoms with Gasteiger partial charge in [0.15, 0.2) is 0 Å². The second kappa shape index (κ2) is 11.0. The number of carbonyl (C=O) groups excluding carboxylic acids is 1. The van der Waals surface area contributed by atoms with Gasteiger partial charge in [0.2, 0.25) is 5.88 Å². The van der Waals surface area contributed by atoms with Crippen molar-refractivity contribution in [2.75, 3.05) is 19.7 Å². The number of ether oxygens (including phenoxy) is 3. The van der Waals surface area contributed by atoms with Crippen LogP contribution in [0.2, 0.25) is 25.7 Å². The van der Waals surface area contributed by atoms with Crippen molar-refractivity contribution in [2.45, 2.75) is 58.0 Å². The molecule has 9 heteroatoms. The van der Waals surface area contributed by atoms with Crippen molar-refractivity contribution in [1.29, 1.82) is 0 Å². The van der Waals surface area contributed by atoms with Gasteiger partial charge in [0.1, 0.15) is 31.4 Å². The third-order valence-electron chi connectivity index (χ3n) is 5.87. The first kappa shape index (κ1) is 24.2. The van der Waals surface area contributed by atoms with Crippen LogP contribution in [0.3, 0.4) is 0 Å². The molecule has 0 N–H and O–H groups in total. The number of aromatic nitrogens is 3. The zero-order chi connectivity index (χ0) is 24.0. The SMILES string of the molecule is C[Si](C)(C)CCOCn1ccc2c(O[C@@H]3CCCN(C(=O)OCc4ccccc4)C3)ncnc21. The van der Waals surface area contributed by atoms with E-state index in [1.165, 1.54) is 6.33 Å². The average molecular weight is 483 g/mol. The summed E-state index contributed by atoms with van der Waals surface area (Å²) in [5.74, 6) is 0.537.